The SMILES string of the molecule is Oc1cc(-n2ccnc2)cc(F)c1F. The van der Waals surface area contributed by atoms with Crippen LogP contribution >= 0.6 is 0 Å². The first-order chi connectivity index (χ1) is 6.68. The van der Waals surface area contributed by atoms with Crippen molar-refractivity contribution in [2.75, 3.05) is 0 Å². The standard InChI is InChI=1S/C9H6F2N2O/c10-7-3-6(4-8(14)9(7)11)13-2-1-12-5-13/h1-5,14H. The lowest BCUT2D eigenvalue weighted by Crippen LogP contribution is -1.93. The maximum Gasteiger partial charge on any atom is 0.200 e. The highest BCUT2D eigenvalue weighted by Crippen LogP contribution is 2.22. The molecule has 14 heavy (non-hydrogen) atoms. The molecular formula is C9H6F2N2O. The molecule has 0 amide bonds. The van der Waals surface area contributed by atoms with E-state index in [1.807, 2.05) is 0 Å². The number of imidazole rings is 1. The van der Waals surface area contributed by atoms with Gasteiger partial charge >= 0.3 is 0 Å². The van der Waals surface area contributed by atoms with Crippen LogP contribution in [0.4, 0.5) is 8.78 Å². The molecule has 1 aromatic carbocycles. The Morgan fingerprint density at radius 3 is 2.64 bits per heavy atom. The van der Waals surface area contributed by atoms with E-state index in [4.69, 9.17) is 5.11 Å². The molecule has 0 aliphatic heterocycles. The van der Waals surface area contributed by atoms with Gasteiger partial charge in [-0.05, 0) is 0 Å². The van der Waals surface area contributed by atoms with Crippen molar-refractivity contribution in [3.63, 3.8) is 0 Å². The topological polar surface area (TPSA) is 38.0 Å². The normalized spacial score (nSPS) is 10.4. The van der Waals surface area contributed by atoms with Crippen molar-refractivity contribution >= 4 is 0 Å². The molecule has 0 aliphatic rings. The predicted molar refractivity (Wildman–Crippen MR) is 45.1 cm³/mol. The quantitative estimate of drug-likeness (QED) is 0.755. The van der Waals surface area contributed by atoms with E-state index in [-0.39, 0.29) is 0 Å². The summed E-state index contributed by atoms with van der Waals surface area (Å²) in [5.41, 5.74) is 0.318. The van der Waals surface area contributed by atoms with E-state index >= 15 is 0 Å². The van der Waals surface area contributed by atoms with Crippen LogP contribution in [0, 0.1) is 11.6 Å². The van der Waals surface area contributed by atoms with Crippen LogP contribution < -0.4 is 0 Å². The molecule has 0 saturated heterocycles. The molecule has 0 bridgehead atoms. The summed E-state index contributed by atoms with van der Waals surface area (Å²) in [6.07, 6.45) is 4.48. The van der Waals surface area contributed by atoms with Gasteiger partial charge in [0.05, 0.1) is 12.0 Å². The number of aromatic nitrogens is 2. The molecule has 0 spiro atoms. The fraction of sp³-hybridized carbons (Fsp3) is 0. The third kappa shape index (κ3) is 1.32. The van der Waals surface area contributed by atoms with Crippen molar-refractivity contribution in [1.82, 2.24) is 9.55 Å². The van der Waals surface area contributed by atoms with E-state index in [9.17, 15) is 8.78 Å². The fourth-order valence-electron chi connectivity index (χ4n) is 1.12. The van der Waals surface area contributed by atoms with Gasteiger partial charge in [0.2, 0.25) is 0 Å². The number of phenols is 1. The molecule has 1 heterocycles. The number of benzene rings is 1. The van der Waals surface area contributed by atoms with Crippen molar-refractivity contribution in [2.24, 2.45) is 0 Å². The van der Waals surface area contributed by atoms with E-state index < -0.39 is 17.4 Å². The third-order valence-electron chi connectivity index (χ3n) is 1.80. The Kier molecular flexibility index (Phi) is 1.92. The minimum atomic E-state index is -1.24. The summed E-state index contributed by atoms with van der Waals surface area (Å²) < 4.78 is 27.0. The van der Waals surface area contributed by atoms with Crippen molar-refractivity contribution in [1.29, 1.82) is 0 Å². The molecular weight excluding hydrogens is 190 g/mol. The van der Waals surface area contributed by atoms with E-state index in [0.29, 0.717) is 5.69 Å². The Balaban J connectivity index is 2.57. The van der Waals surface area contributed by atoms with Crippen molar-refractivity contribution < 1.29 is 13.9 Å². The zero-order valence-electron chi connectivity index (χ0n) is 6.98. The van der Waals surface area contributed by atoms with Gasteiger partial charge in [0, 0.05) is 24.5 Å². The lowest BCUT2D eigenvalue weighted by atomic mass is 10.2. The fourth-order valence-corrected chi connectivity index (χ4v) is 1.12. The molecule has 1 N–H and O–H groups in total. The Morgan fingerprint density at radius 2 is 2.07 bits per heavy atom. The summed E-state index contributed by atoms with van der Waals surface area (Å²) in [5, 5.41) is 9.03. The average Bonchev–Trinajstić information content (AvgIpc) is 2.66. The molecule has 0 aliphatic carbocycles. The molecule has 72 valence electrons. The monoisotopic (exact) mass is 196 g/mol. The molecule has 3 nitrogen and oxygen atoms in total. The summed E-state index contributed by atoms with van der Waals surface area (Å²) in [4.78, 5) is 3.75. The highest BCUT2D eigenvalue weighted by molar-refractivity contribution is 5.40. The number of nitrogens with zero attached hydrogens (tertiary/aromatic N) is 2. The second-order valence-corrected chi connectivity index (χ2v) is 2.73. The van der Waals surface area contributed by atoms with E-state index in [1.165, 1.54) is 17.1 Å². The van der Waals surface area contributed by atoms with E-state index in [1.54, 1.807) is 6.20 Å². The summed E-state index contributed by atoms with van der Waals surface area (Å²) >= 11 is 0. The van der Waals surface area contributed by atoms with Crippen LogP contribution in [0.1, 0.15) is 0 Å². The minimum Gasteiger partial charge on any atom is -0.505 e. The summed E-state index contributed by atoms with van der Waals surface area (Å²) in [5.74, 6) is -3.05. The van der Waals surface area contributed by atoms with Crippen LogP contribution in [0.25, 0.3) is 5.69 Å². The van der Waals surface area contributed by atoms with Gasteiger partial charge in [-0.1, -0.05) is 0 Å². The lowest BCUT2D eigenvalue weighted by Gasteiger charge is -2.03. The molecule has 2 rings (SSSR count). The van der Waals surface area contributed by atoms with Crippen LogP contribution in [-0.4, -0.2) is 14.7 Å². The van der Waals surface area contributed by atoms with Crippen LogP contribution in [-0.2, 0) is 0 Å². The molecule has 0 fully saturated rings. The average molecular weight is 196 g/mol. The van der Waals surface area contributed by atoms with Crippen LogP contribution in [0.15, 0.2) is 30.9 Å². The van der Waals surface area contributed by atoms with Crippen molar-refractivity contribution in [2.45, 2.75) is 0 Å². The number of aromatic hydroxyl groups is 1. The molecule has 0 radical (unpaired) electrons. The zero-order valence-corrected chi connectivity index (χ0v) is 6.98. The molecule has 5 heteroatoms. The number of halogens is 2. The zero-order chi connectivity index (χ0) is 10.1. The maximum atomic E-state index is 12.9. The van der Waals surface area contributed by atoms with Crippen molar-refractivity contribution in [3.8, 4) is 11.4 Å². The van der Waals surface area contributed by atoms with Gasteiger partial charge in [0.1, 0.15) is 0 Å². The first kappa shape index (κ1) is 8.68. The molecule has 1 aromatic heterocycles. The number of hydrogen-bond acceptors (Lipinski definition) is 2. The number of hydrogen-bond donors (Lipinski definition) is 1. The summed E-state index contributed by atoms with van der Waals surface area (Å²) in [7, 11) is 0. The second kappa shape index (κ2) is 3.10. The minimum absolute atomic E-state index is 0.318. The van der Waals surface area contributed by atoms with Crippen LogP contribution in [0.2, 0.25) is 0 Å². The van der Waals surface area contributed by atoms with Gasteiger partial charge in [0.25, 0.3) is 0 Å². The van der Waals surface area contributed by atoms with Gasteiger partial charge < -0.3 is 9.67 Å². The molecule has 2 aromatic rings. The molecule has 0 unspecified atom stereocenters. The van der Waals surface area contributed by atoms with E-state index in [0.717, 1.165) is 12.1 Å². The van der Waals surface area contributed by atoms with Gasteiger partial charge in [0.15, 0.2) is 17.4 Å². The second-order valence-electron chi connectivity index (χ2n) is 2.73. The first-order valence-corrected chi connectivity index (χ1v) is 3.85. The lowest BCUT2D eigenvalue weighted by molar-refractivity contribution is 0.406. The van der Waals surface area contributed by atoms with Crippen LogP contribution in [0.3, 0.4) is 0 Å². The number of phenolic OH excluding ortho intramolecular Hbond substituents is 1. The Labute approximate surface area is 78.3 Å². The van der Waals surface area contributed by atoms with E-state index in [2.05, 4.69) is 4.98 Å². The highest BCUT2D eigenvalue weighted by atomic mass is 19.2. The van der Waals surface area contributed by atoms with Gasteiger partial charge in [-0.2, -0.15) is 4.39 Å². The maximum absolute atomic E-state index is 12.9. The summed E-state index contributed by atoms with van der Waals surface area (Å²) in [6.45, 7) is 0. The predicted octanol–water partition coefficient (Wildman–Crippen LogP) is 1.86. The van der Waals surface area contributed by atoms with Gasteiger partial charge in [-0.3, -0.25) is 0 Å². The first-order valence-electron chi connectivity index (χ1n) is 3.85. The highest BCUT2D eigenvalue weighted by Gasteiger charge is 2.10. The smallest absolute Gasteiger partial charge is 0.200 e. The largest absolute Gasteiger partial charge is 0.505 e. The van der Waals surface area contributed by atoms with Gasteiger partial charge in [-0.15, -0.1) is 0 Å². The molecule has 0 saturated carbocycles. The Morgan fingerprint density at radius 1 is 1.29 bits per heavy atom. The van der Waals surface area contributed by atoms with Gasteiger partial charge in [-0.25, -0.2) is 9.37 Å². The van der Waals surface area contributed by atoms with Crippen LogP contribution in [0.5, 0.6) is 5.75 Å². The van der Waals surface area contributed by atoms with Crippen molar-refractivity contribution in [3.05, 3.63) is 42.5 Å². The Hall–Kier alpha value is -1.91. The molecule has 0 atom stereocenters. The third-order valence-corrected chi connectivity index (χ3v) is 1.80. The summed E-state index contributed by atoms with van der Waals surface area (Å²) in [6, 6.07) is 2.11. The Bertz CT molecular complexity index is 431. The number of rotatable bonds is 1.